The normalized spacial score (nSPS) is 32.7. The summed E-state index contributed by atoms with van der Waals surface area (Å²) in [7, 11) is 4.50. The van der Waals surface area contributed by atoms with E-state index in [1.807, 2.05) is 48.5 Å². The van der Waals surface area contributed by atoms with Gasteiger partial charge in [0.05, 0.1) is 0 Å². The van der Waals surface area contributed by atoms with Crippen LogP contribution in [0.4, 0.5) is 0 Å². The quantitative estimate of drug-likeness (QED) is 0.464. The van der Waals surface area contributed by atoms with Gasteiger partial charge in [0.2, 0.25) is 0 Å². The summed E-state index contributed by atoms with van der Waals surface area (Å²) in [6, 6.07) is 18.3. The first-order valence-corrected chi connectivity index (χ1v) is 13.5. The Morgan fingerprint density at radius 1 is 0.618 bits per heavy atom. The Bertz CT molecular complexity index is 928. The third-order valence-corrected chi connectivity index (χ3v) is 8.81. The summed E-state index contributed by atoms with van der Waals surface area (Å²) in [6.45, 7) is 0. The number of rotatable bonds is 4. The maximum atomic E-state index is 6.05. The second-order valence-corrected chi connectivity index (χ2v) is 11.3. The molecule has 4 nitrogen and oxygen atoms in total. The largest absolute Gasteiger partial charge is 0.490 e. The van der Waals surface area contributed by atoms with Crippen LogP contribution in [0.2, 0.25) is 10.0 Å². The Morgan fingerprint density at radius 3 is 1.56 bits per heavy atom. The van der Waals surface area contributed by atoms with Crippen molar-refractivity contribution in [3.63, 3.8) is 0 Å². The number of hydrogen-bond acceptors (Lipinski definition) is 4. The fourth-order valence-electron chi connectivity index (χ4n) is 6.35. The van der Waals surface area contributed by atoms with Gasteiger partial charge in [0, 0.05) is 34.2 Å². The zero-order valence-corrected chi connectivity index (χ0v) is 21.7. The first-order valence-electron chi connectivity index (χ1n) is 12.7. The molecule has 184 valence electrons. The molecule has 0 aromatic heterocycles. The van der Waals surface area contributed by atoms with Crippen LogP contribution in [0.25, 0.3) is 0 Å². The third-order valence-electron chi connectivity index (χ3n) is 8.33. The maximum Gasteiger partial charge on any atom is 0.121 e. The monoisotopic (exact) mass is 502 g/mol. The molecule has 4 saturated heterocycles. The van der Waals surface area contributed by atoms with Crippen LogP contribution in [0.1, 0.15) is 51.4 Å². The molecule has 4 bridgehead atoms. The van der Waals surface area contributed by atoms with Gasteiger partial charge in [-0.2, -0.15) is 0 Å². The molecule has 4 aliphatic rings. The lowest BCUT2D eigenvalue weighted by Gasteiger charge is -2.36. The van der Waals surface area contributed by atoms with E-state index in [4.69, 9.17) is 32.7 Å². The molecule has 2 aromatic rings. The predicted octanol–water partition coefficient (Wildman–Crippen LogP) is 6.69. The van der Waals surface area contributed by atoms with E-state index < -0.39 is 0 Å². The van der Waals surface area contributed by atoms with Crippen molar-refractivity contribution in [2.45, 2.75) is 87.7 Å². The van der Waals surface area contributed by atoms with E-state index in [1.54, 1.807) is 0 Å². The number of ether oxygens (including phenoxy) is 2. The molecule has 2 aromatic carbocycles. The van der Waals surface area contributed by atoms with Gasteiger partial charge in [0.15, 0.2) is 0 Å². The van der Waals surface area contributed by atoms with Crippen molar-refractivity contribution in [3.8, 4) is 11.5 Å². The Hall–Kier alpha value is -1.46. The molecule has 6 atom stereocenters. The number of piperidine rings is 2. The zero-order chi connectivity index (χ0) is 23.7. The highest BCUT2D eigenvalue weighted by molar-refractivity contribution is 6.30. The van der Waals surface area contributed by atoms with Crippen LogP contribution >= 0.6 is 23.2 Å². The van der Waals surface area contributed by atoms with Crippen LogP contribution in [-0.4, -0.2) is 60.3 Å². The van der Waals surface area contributed by atoms with Crippen molar-refractivity contribution in [3.05, 3.63) is 58.6 Å². The van der Waals surface area contributed by atoms with Crippen molar-refractivity contribution in [1.29, 1.82) is 0 Å². The van der Waals surface area contributed by atoms with Crippen molar-refractivity contribution in [1.82, 2.24) is 9.80 Å². The van der Waals surface area contributed by atoms with Crippen LogP contribution in [0, 0.1) is 0 Å². The smallest absolute Gasteiger partial charge is 0.121 e. The summed E-state index contributed by atoms with van der Waals surface area (Å²) in [5, 5.41) is 1.51. The molecule has 6 heteroatoms. The summed E-state index contributed by atoms with van der Waals surface area (Å²) in [4.78, 5) is 5.06. The molecule has 0 amide bonds. The van der Waals surface area contributed by atoms with E-state index in [1.165, 1.54) is 25.7 Å². The van der Waals surface area contributed by atoms with E-state index in [2.05, 4.69) is 23.9 Å². The van der Waals surface area contributed by atoms with Crippen LogP contribution in [0.5, 0.6) is 11.5 Å². The molecule has 0 saturated carbocycles. The molecular formula is C28H36Cl2N2O2. The molecule has 0 spiro atoms. The minimum atomic E-state index is 0.363. The Balaban J connectivity index is 0.000000142. The van der Waals surface area contributed by atoms with E-state index in [-0.39, 0.29) is 0 Å². The van der Waals surface area contributed by atoms with Gasteiger partial charge < -0.3 is 19.3 Å². The molecule has 0 radical (unpaired) electrons. The second kappa shape index (κ2) is 10.7. The van der Waals surface area contributed by atoms with Crippen LogP contribution in [0.15, 0.2) is 48.5 Å². The predicted molar refractivity (Wildman–Crippen MR) is 139 cm³/mol. The Kier molecular flexibility index (Phi) is 7.60. The van der Waals surface area contributed by atoms with Crippen LogP contribution in [0.3, 0.4) is 0 Å². The summed E-state index contributed by atoms with van der Waals surface area (Å²) < 4.78 is 12.1. The van der Waals surface area contributed by atoms with Crippen molar-refractivity contribution >= 4 is 23.2 Å². The minimum absolute atomic E-state index is 0.363. The van der Waals surface area contributed by atoms with Crippen molar-refractivity contribution in [2.24, 2.45) is 0 Å². The fraction of sp³-hybridized carbons (Fsp3) is 0.571. The highest BCUT2D eigenvalue weighted by Crippen LogP contribution is 2.37. The van der Waals surface area contributed by atoms with Gasteiger partial charge >= 0.3 is 0 Å². The summed E-state index contributed by atoms with van der Waals surface area (Å²) in [5.41, 5.74) is 0. The lowest BCUT2D eigenvalue weighted by Crippen LogP contribution is -2.43. The average Bonchev–Trinajstić information content (AvgIpc) is 3.15. The number of halogens is 2. The van der Waals surface area contributed by atoms with E-state index >= 15 is 0 Å². The van der Waals surface area contributed by atoms with Crippen molar-refractivity contribution < 1.29 is 9.47 Å². The van der Waals surface area contributed by atoms with Gasteiger partial charge in [0.25, 0.3) is 0 Å². The molecule has 4 heterocycles. The summed E-state index contributed by atoms with van der Waals surface area (Å²) >= 11 is 11.8. The Morgan fingerprint density at radius 2 is 1.09 bits per heavy atom. The molecule has 0 N–H and O–H groups in total. The van der Waals surface area contributed by atoms with Gasteiger partial charge in [-0.1, -0.05) is 29.3 Å². The number of nitrogens with zero attached hydrogens (tertiary/aromatic N) is 2. The number of hydrogen-bond donors (Lipinski definition) is 0. The van der Waals surface area contributed by atoms with E-state index in [9.17, 15) is 0 Å². The number of benzene rings is 2. The SMILES string of the molecule is CN1[C@@H]2CC[C@H]1CC(Oc1ccc(Cl)cc1)C2.CN1[C@@H]2CC[C@H]1CC(Oc1cccc(Cl)c1)C2. The van der Waals surface area contributed by atoms with Crippen LogP contribution in [-0.2, 0) is 0 Å². The van der Waals surface area contributed by atoms with E-state index in [0.29, 0.717) is 12.2 Å². The van der Waals surface area contributed by atoms with Gasteiger partial charge in [-0.05, 0) is 108 Å². The van der Waals surface area contributed by atoms with Gasteiger partial charge in [-0.15, -0.1) is 0 Å². The molecule has 0 aliphatic carbocycles. The molecule has 34 heavy (non-hydrogen) atoms. The average molecular weight is 504 g/mol. The third kappa shape index (κ3) is 5.67. The highest BCUT2D eigenvalue weighted by atomic mass is 35.5. The first-order chi connectivity index (χ1) is 16.4. The maximum absolute atomic E-state index is 6.05. The van der Waals surface area contributed by atoms with Crippen LogP contribution < -0.4 is 9.47 Å². The van der Waals surface area contributed by atoms with Gasteiger partial charge in [0.1, 0.15) is 23.7 Å². The molecule has 4 aliphatic heterocycles. The summed E-state index contributed by atoms with van der Waals surface area (Å²) in [5.74, 6) is 1.86. The fourth-order valence-corrected chi connectivity index (χ4v) is 6.66. The zero-order valence-electron chi connectivity index (χ0n) is 20.2. The lowest BCUT2D eigenvalue weighted by molar-refractivity contribution is 0.0660. The van der Waals surface area contributed by atoms with Gasteiger partial charge in [-0.25, -0.2) is 0 Å². The van der Waals surface area contributed by atoms with Gasteiger partial charge in [-0.3, -0.25) is 0 Å². The van der Waals surface area contributed by atoms with Crippen molar-refractivity contribution in [2.75, 3.05) is 14.1 Å². The second-order valence-electron chi connectivity index (χ2n) is 10.4. The highest BCUT2D eigenvalue weighted by Gasteiger charge is 2.40. The topological polar surface area (TPSA) is 24.9 Å². The lowest BCUT2D eigenvalue weighted by atomic mass is 10.0. The standard InChI is InChI=1S/2C14H18ClNO/c1-16-11-4-5-12(16)9-14(8-11)17-13-6-2-10(15)3-7-13;1-16-11-5-6-12(16)9-14(8-11)17-13-4-2-3-10(15)7-13/h2-3,6-7,11-12,14H,4-5,8-9H2,1H3;2-4,7,11-12,14H,5-6,8-9H2,1H3/t2*11-,12+,14?. The summed E-state index contributed by atoms with van der Waals surface area (Å²) in [6.07, 6.45) is 10.7. The Labute approximate surface area is 214 Å². The van der Waals surface area contributed by atoms with E-state index in [0.717, 1.165) is 71.4 Å². The molecule has 4 fully saturated rings. The first kappa shape index (κ1) is 24.2. The molecule has 2 unspecified atom stereocenters. The number of fused-ring (bicyclic) bond motifs is 4. The minimum Gasteiger partial charge on any atom is -0.490 e. The molecule has 6 rings (SSSR count). The molecular weight excluding hydrogens is 467 g/mol.